The summed E-state index contributed by atoms with van der Waals surface area (Å²) in [5, 5.41) is 6.37. The van der Waals surface area contributed by atoms with Crippen LogP contribution in [0.25, 0.3) is 10.1 Å². The van der Waals surface area contributed by atoms with Gasteiger partial charge in [-0.2, -0.15) is 0 Å². The van der Waals surface area contributed by atoms with Gasteiger partial charge in [-0.25, -0.2) is 0 Å². The summed E-state index contributed by atoms with van der Waals surface area (Å²) in [5.74, 6) is 0.262. The highest BCUT2D eigenvalue weighted by Gasteiger charge is 2.27. The molecule has 0 radical (unpaired) electrons. The molecule has 0 bridgehead atoms. The number of carbonyl (C=O) groups excluding carboxylic acids is 1. The fourth-order valence-electron chi connectivity index (χ4n) is 2.71. The van der Waals surface area contributed by atoms with Gasteiger partial charge in [-0.05, 0) is 53.8 Å². The Balaban J connectivity index is 1.60. The van der Waals surface area contributed by atoms with E-state index in [4.69, 9.17) is 5.73 Å². The van der Waals surface area contributed by atoms with Crippen molar-refractivity contribution in [2.75, 3.05) is 0 Å². The lowest BCUT2D eigenvalue weighted by atomic mass is 10.1. The average Bonchev–Trinajstić information content (AvgIpc) is 3.03. The van der Waals surface area contributed by atoms with E-state index in [1.54, 1.807) is 11.3 Å². The first-order chi connectivity index (χ1) is 9.22. The predicted molar refractivity (Wildman–Crippen MR) is 79.0 cm³/mol. The molecule has 2 atom stereocenters. The first kappa shape index (κ1) is 12.6. The maximum atomic E-state index is 12.0. The molecule has 0 spiro atoms. The fraction of sp³-hybridized carbons (Fsp3) is 0.400. The lowest BCUT2D eigenvalue weighted by Crippen LogP contribution is -2.29. The summed E-state index contributed by atoms with van der Waals surface area (Å²) in [6, 6.07) is 8.67. The molecule has 1 saturated carbocycles. The third kappa shape index (κ3) is 2.80. The Bertz CT molecular complexity index is 593. The van der Waals surface area contributed by atoms with E-state index in [9.17, 15) is 4.79 Å². The summed E-state index contributed by atoms with van der Waals surface area (Å²) in [7, 11) is 0. The Kier molecular flexibility index (Phi) is 3.53. The van der Waals surface area contributed by atoms with Gasteiger partial charge in [0, 0.05) is 23.2 Å². The van der Waals surface area contributed by atoms with Crippen LogP contribution < -0.4 is 11.1 Å². The number of carbonyl (C=O) groups is 1. The van der Waals surface area contributed by atoms with E-state index >= 15 is 0 Å². The third-order valence-corrected chi connectivity index (χ3v) is 4.73. The van der Waals surface area contributed by atoms with Crippen LogP contribution in [0.15, 0.2) is 29.6 Å². The summed E-state index contributed by atoms with van der Waals surface area (Å²) < 4.78 is 1.29. The maximum absolute atomic E-state index is 12.0. The van der Waals surface area contributed by atoms with Crippen molar-refractivity contribution in [1.82, 2.24) is 5.32 Å². The maximum Gasteiger partial charge on any atom is 0.223 e. The number of rotatable bonds is 3. The predicted octanol–water partition coefficient (Wildman–Crippen LogP) is 2.64. The molecule has 1 aromatic carbocycles. The lowest BCUT2D eigenvalue weighted by Gasteiger charge is -2.10. The average molecular weight is 274 g/mol. The number of fused-ring (bicyclic) bond motifs is 1. The van der Waals surface area contributed by atoms with Crippen molar-refractivity contribution in [3.05, 3.63) is 35.2 Å². The zero-order valence-electron chi connectivity index (χ0n) is 10.8. The minimum absolute atomic E-state index is 0.111. The number of thiophene rings is 1. The van der Waals surface area contributed by atoms with E-state index in [-0.39, 0.29) is 17.9 Å². The molecule has 100 valence electrons. The minimum Gasteiger partial charge on any atom is -0.352 e. The van der Waals surface area contributed by atoms with Crippen molar-refractivity contribution in [3.63, 3.8) is 0 Å². The summed E-state index contributed by atoms with van der Waals surface area (Å²) in [5.41, 5.74) is 7.00. The van der Waals surface area contributed by atoms with E-state index in [0.717, 1.165) is 24.8 Å². The molecule has 0 aliphatic heterocycles. The Labute approximate surface area is 116 Å². The van der Waals surface area contributed by atoms with Gasteiger partial charge >= 0.3 is 0 Å². The van der Waals surface area contributed by atoms with Gasteiger partial charge in [0.05, 0.1) is 0 Å². The van der Waals surface area contributed by atoms with Crippen LogP contribution in [0.1, 0.15) is 24.8 Å². The number of nitrogens with two attached hydrogens (primary N) is 1. The molecule has 3 rings (SSSR count). The highest BCUT2D eigenvalue weighted by Crippen LogP contribution is 2.24. The highest BCUT2D eigenvalue weighted by molar-refractivity contribution is 7.17. The van der Waals surface area contributed by atoms with Crippen LogP contribution in [-0.2, 0) is 11.3 Å². The van der Waals surface area contributed by atoms with E-state index < -0.39 is 0 Å². The second-order valence-corrected chi connectivity index (χ2v) is 6.23. The molecule has 3 N–H and O–H groups in total. The molecule has 4 heteroatoms. The molecule has 3 nitrogen and oxygen atoms in total. The fourth-order valence-corrected chi connectivity index (χ4v) is 3.49. The molecule has 1 aliphatic carbocycles. The van der Waals surface area contributed by atoms with Crippen molar-refractivity contribution in [2.45, 2.75) is 31.8 Å². The molecule has 1 fully saturated rings. The quantitative estimate of drug-likeness (QED) is 0.904. The molecule has 0 saturated heterocycles. The van der Waals surface area contributed by atoms with Crippen LogP contribution in [0, 0.1) is 5.92 Å². The Morgan fingerprint density at radius 1 is 1.37 bits per heavy atom. The summed E-state index contributed by atoms with van der Waals surface area (Å²) in [6.07, 6.45) is 2.73. The monoisotopic (exact) mass is 274 g/mol. The van der Waals surface area contributed by atoms with E-state index in [1.165, 1.54) is 10.1 Å². The van der Waals surface area contributed by atoms with E-state index in [0.29, 0.717) is 6.54 Å². The molecule has 19 heavy (non-hydrogen) atoms. The van der Waals surface area contributed by atoms with Gasteiger partial charge in [0.15, 0.2) is 0 Å². The summed E-state index contributed by atoms with van der Waals surface area (Å²) >= 11 is 1.74. The van der Waals surface area contributed by atoms with Gasteiger partial charge in [-0.15, -0.1) is 11.3 Å². The zero-order valence-corrected chi connectivity index (χ0v) is 11.6. The van der Waals surface area contributed by atoms with Gasteiger partial charge in [0.2, 0.25) is 5.91 Å². The van der Waals surface area contributed by atoms with Crippen LogP contribution in [0.3, 0.4) is 0 Å². The second-order valence-electron chi connectivity index (χ2n) is 5.28. The second kappa shape index (κ2) is 5.31. The van der Waals surface area contributed by atoms with Crippen LogP contribution in [-0.4, -0.2) is 11.9 Å². The lowest BCUT2D eigenvalue weighted by molar-refractivity contribution is -0.125. The van der Waals surface area contributed by atoms with E-state index in [1.807, 2.05) is 0 Å². The third-order valence-electron chi connectivity index (χ3n) is 3.83. The smallest absolute Gasteiger partial charge is 0.223 e. The van der Waals surface area contributed by atoms with Crippen LogP contribution >= 0.6 is 11.3 Å². The molecule has 1 amide bonds. The zero-order chi connectivity index (χ0) is 13.2. The van der Waals surface area contributed by atoms with Crippen molar-refractivity contribution in [1.29, 1.82) is 0 Å². The van der Waals surface area contributed by atoms with Crippen LogP contribution in [0.4, 0.5) is 0 Å². The van der Waals surface area contributed by atoms with Gasteiger partial charge in [0.25, 0.3) is 0 Å². The van der Waals surface area contributed by atoms with Gasteiger partial charge in [0.1, 0.15) is 0 Å². The molecule has 0 unspecified atom stereocenters. The normalized spacial score (nSPS) is 22.8. The van der Waals surface area contributed by atoms with Gasteiger partial charge in [-0.1, -0.05) is 6.07 Å². The van der Waals surface area contributed by atoms with Crippen LogP contribution in [0.2, 0.25) is 0 Å². The Morgan fingerprint density at radius 2 is 2.26 bits per heavy atom. The van der Waals surface area contributed by atoms with Gasteiger partial charge < -0.3 is 11.1 Å². The summed E-state index contributed by atoms with van der Waals surface area (Å²) in [4.78, 5) is 12.0. The van der Waals surface area contributed by atoms with E-state index in [2.05, 4.69) is 35.0 Å². The molecule has 2 aromatic rings. The first-order valence-electron chi connectivity index (χ1n) is 6.72. The number of hydrogen-bond donors (Lipinski definition) is 2. The van der Waals surface area contributed by atoms with Gasteiger partial charge in [-0.3, -0.25) is 4.79 Å². The molecular weight excluding hydrogens is 256 g/mol. The standard InChI is InChI=1S/C15H18N2OS/c16-13-3-2-12(8-13)15(18)17-9-10-1-4-14-11(7-10)5-6-19-14/h1,4-7,12-13H,2-3,8-9,16H2,(H,17,18)/t12-,13+/m1/s1. The molecule has 1 heterocycles. The molecular formula is C15H18N2OS. The van der Waals surface area contributed by atoms with Crippen molar-refractivity contribution in [3.8, 4) is 0 Å². The molecule has 1 aliphatic rings. The van der Waals surface area contributed by atoms with Crippen molar-refractivity contribution >= 4 is 27.3 Å². The number of hydrogen-bond acceptors (Lipinski definition) is 3. The Hall–Kier alpha value is -1.39. The number of benzene rings is 1. The van der Waals surface area contributed by atoms with Crippen molar-refractivity contribution in [2.24, 2.45) is 11.7 Å². The number of nitrogens with one attached hydrogen (secondary N) is 1. The topological polar surface area (TPSA) is 55.1 Å². The summed E-state index contributed by atoms with van der Waals surface area (Å²) in [6.45, 7) is 0.607. The van der Waals surface area contributed by atoms with Crippen LogP contribution in [0.5, 0.6) is 0 Å². The largest absolute Gasteiger partial charge is 0.352 e. The molecule has 1 aromatic heterocycles. The number of amides is 1. The highest BCUT2D eigenvalue weighted by atomic mass is 32.1. The first-order valence-corrected chi connectivity index (χ1v) is 7.60. The minimum atomic E-state index is 0.111. The Morgan fingerprint density at radius 3 is 3.05 bits per heavy atom. The van der Waals surface area contributed by atoms with Crippen molar-refractivity contribution < 1.29 is 4.79 Å². The SMILES string of the molecule is N[C@H]1CC[C@@H](C(=O)NCc2ccc3sccc3c2)C1.